The van der Waals surface area contributed by atoms with E-state index < -0.39 is 0 Å². The molecule has 0 N–H and O–H groups in total. The number of benzene rings is 1. The summed E-state index contributed by atoms with van der Waals surface area (Å²) in [6.45, 7) is 1.94. The Morgan fingerprint density at radius 3 is 2.87 bits per heavy atom. The van der Waals surface area contributed by atoms with Crippen molar-refractivity contribution in [2.75, 3.05) is 0 Å². The Balaban J connectivity index is 2.92. The topological polar surface area (TPSA) is 34.4 Å². The summed E-state index contributed by atoms with van der Waals surface area (Å²) in [4.78, 5) is 13.9. The van der Waals surface area contributed by atoms with Crippen LogP contribution in [0.3, 0.4) is 0 Å². The van der Waals surface area contributed by atoms with Crippen molar-refractivity contribution >= 4 is 34.3 Å². The number of nitrogens with zero attached hydrogens (tertiary/aromatic N) is 2. The van der Waals surface area contributed by atoms with E-state index in [1.165, 1.54) is 0 Å². The number of halogens is 1. The second kappa shape index (κ2) is 3.54. The second-order valence-electron chi connectivity index (χ2n) is 3.40. The van der Waals surface area contributed by atoms with Crippen LogP contribution in [0.25, 0.3) is 10.9 Å². The van der Waals surface area contributed by atoms with Crippen LogP contribution in [0.5, 0.6) is 0 Å². The lowest BCUT2D eigenvalue weighted by atomic mass is 10.1. The van der Waals surface area contributed by atoms with E-state index >= 15 is 0 Å². The van der Waals surface area contributed by atoms with E-state index in [1.807, 2.05) is 30.7 Å². The van der Waals surface area contributed by atoms with Gasteiger partial charge < -0.3 is 4.57 Å². The molecular formula is C11H9ClN2O. The average Bonchev–Trinajstić information content (AvgIpc) is 2.51. The third-order valence-corrected chi connectivity index (χ3v) is 2.89. The number of fused-ring (bicyclic) bond motifs is 1. The summed E-state index contributed by atoms with van der Waals surface area (Å²) in [5, 5.41) is 1.63. The van der Waals surface area contributed by atoms with Crippen molar-refractivity contribution in [2.24, 2.45) is 12.0 Å². The first kappa shape index (κ1) is 9.97. The molecule has 0 atom stereocenters. The molecule has 0 aliphatic carbocycles. The molecule has 0 unspecified atom stereocenters. The van der Waals surface area contributed by atoms with Gasteiger partial charge in [0.2, 0.25) is 6.08 Å². The van der Waals surface area contributed by atoms with E-state index in [4.69, 9.17) is 11.6 Å². The Kier molecular flexibility index (Phi) is 2.35. The summed E-state index contributed by atoms with van der Waals surface area (Å²) < 4.78 is 1.91. The number of aromatic nitrogens is 1. The molecule has 0 aliphatic rings. The highest BCUT2D eigenvalue weighted by Crippen LogP contribution is 2.32. The molecule has 1 heterocycles. The van der Waals surface area contributed by atoms with E-state index in [0.29, 0.717) is 10.7 Å². The zero-order valence-electron chi connectivity index (χ0n) is 8.41. The van der Waals surface area contributed by atoms with Gasteiger partial charge in [-0.2, -0.15) is 4.99 Å². The molecule has 2 aromatic rings. The van der Waals surface area contributed by atoms with Gasteiger partial charge in [0.15, 0.2) is 0 Å². The zero-order chi connectivity index (χ0) is 11.0. The minimum absolute atomic E-state index is 0.627. The third kappa shape index (κ3) is 1.46. The van der Waals surface area contributed by atoms with E-state index in [-0.39, 0.29) is 0 Å². The fourth-order valence-corrected chi connectivity index (χ4v) is 1.95. The minimum atomic E-state index is 0.627. The van der Waals surface area contributed by atoms with Crippen molar-refractivity contribution in [1.82, 2.24) is 4.57 Å². The van der Waals surface area contributed by atoms with E-state index in [0.717, 1.165) is 16.5 Å². The van der Waals surface area contributed by atoms with Crippen LogP contribution in [0.1, 0.15) is 5.56 Å². The summed E-state index contributed by atoms with van der Waals surface area (Å²) in [7, 11) is 1.90. The minimum Gasteiger partial charge on any atom is -0.348 e. The SMILES string of the molecule is Cc1c(Cl)ccc2c(N=C=O)cn(C)c12. The van der Waals surface area contributed by atoms with Crippen molar-refractivity contribution < 1.29 is 4.79 Å². The van der Waals surface area contributed by atoms with Gasteiger partial charge in [0.05, 0.1) is 5.52 Å². The molecule has 1 aromatic carbocycles. The van der Waals surface area contributed by atoms with Gasteiger partial charge in [0.1, 0.15) is 5.69 Å². The molecule has 4 heteroatoms. The molecule has 0 saturated carbocycles. The number of carbonyl (C=O) groups excluding carboxylic acids is 1. The van der Waals surface area contributed by atoms with Crippen LogP contribution in [-0.4, -0.2) is 10.6 Å². The smallest absolute Gasteiger partial charge is 0.240 e. The summed E-state index contributed by atoms with van der Waals surface area (Å²) in [5.41, 5.74) is 2.61. The molecule has 1 aromatic heterocycles. The fraction of sp³-hybridized carbons (Fsp3) is 0.182. The Morgan fingerprint density at radius 2 is 2.20 bits per heavy atom. The predicted molar refractivity (Wildman–Crippen MR) is 60.4 cm³/mol. The number of hydrogen-bond donors (Lipinski definition) is 0. The maximum atomic E-state index is 10.3. The monoisotopic (exact) mass is 220 g/mol. The zero-order valence-corrected chi connectivity index (χ0v) is 9.17. The molecule has 2 rings (SSSR count). The molecule has 76 valence electrons. The van der Waals surface area contributed by atoms with Gasteiger partial charge in [-0.3, -0.25) is 0 Å². The molecule has 0 saturated heterocycles. The fourth-order valence-electron chi connectivity index (χ4n) is 1.79. The summed E-state index contributed by atoms with van der Waals surface area (Å²) in [5.74, 6) is 0. The van der Waals surface area contributed by atoms with Crippen molar-refractivity contribution in [2.45, 2.75) is 6.92 Å². The van der Waals surface area contributed by atoms with Crippen LogP contribution < -0.4 is 0 Å². The highest BCUT2D eigenvalue weighted by molar-refractivity contribution is 6.32. The molecule has 0 fully saturated rings. The van der Waals surface area contributed by atoms with Crippen molar-refractivity contribution in [3.63, 3.8) is 0 Å². The molecule has 0 spiro atoms. The molecule has 0 radical (unpaired) electrons. The Labute approximate surface area is 92.0 Å². The second-order valence-corrected chi connectivity index (χ2v) is 3.80. The largest absolute Gasteiger partial charge is 0.348 e. The van der Waals surface area contributed by atoms with Crippen LogP contribution in [0, 0.1) is 6.92 Å². The van der Waals surface area contributed by atoms with Crippen LogP contribution in [0.4, 0.5) is 5.69 Å². The van der Waals surface area contributed by atoms with Crippen LogP contribution in [0.2, 0.25) is 5.02 Å². The normalized spacial score (nSPS) is 10.3. The average molecular weight is 221 g/mol. The van der Waals surface area contributed by atoms with E-state index in [9.17, 15) is 4.79 Å². The van der Waals surface area contributed by atoms with Gasteiger partial charge in [-0.25, -0.2) is 4.79 Å². The molecule has 0 amide bonds. The first-order valence-corrected chi connectivity index (χ1v) is 4.85. The lowest BCUT2D eigenvalue weighted by Gasteiger charge is -2.02. The Hall–Kier alpha value is -1.57. The predicted octanol–water partition coefficient (Wildman–Crippen LogP) is 3.11. The van der Waals surface area contributed by atoms with Crippen molar-refractivity contribution in [3.05, 3.63) is 28.9 Å². The summed E-state index contributed by atoms with van der Waals surface area (Å²) in [6, 6.07) is 3.67. The number of aliphatic imine (C=N–C) groups is 1. The number of hydrogen-bond acceptors (Lipinski definition) is 2. The maximum Gasteiger partial charge on any atom is 0.240 e. The molecule has 15 heavy (non-hydrogen) atoms. The number of aryl methyl sites for hydroxylation is 2. The summed E-state index contributed by atoms with van der Waals surface area (Å²) in [6.07, 6.45) is 3.34. The van der Waals surface area contributed by atoms with Crippen LogP contribution in [0.15, 0.2) is 23.3 Å². The highest BCUT2D eigenvalue weighted by atomic mass is 35.5. The highest BCUT2D eigenvalue weighted by Gasteiger charge is 2.09. The third-order valence-electron chi connectivity index (χ3n) is 2.48. The maximum absolute atomic E-state index is 10.3. The number of isocyanates is 1. The Morgan fingerprint density at radius 1 is 1.47 bits per heavy atom. The van der Waals surface area contributed by atoms with Gasteiger partial charge in [0, 0.05) is 23.7 Å². The van der Waals surface area contributed by atoms with Gasteiger partial charge in [-0.05, 0) is 24.6 Å². The summed E-state index contributed by atoms with van der Waals surface area (Å²) >= 11 is 6.02. The van der Waals surface area contributed by atoms with E-state index in [1.54, 1.807) is 12.3 Å². The standard InChI is InChI=1S/C11H9ClN2O/c1-7-9(12)4-3-8-10(13-6-15)5-14(2)11(7)8/h3-5H,1-2H3. The molecule has 3 nitrogen and oxygen atoms in total. The molecule has 0 aliphatic heterocycles. The lowest BCUT2D eigenvalue weighted by molar-refractivity contribution is 0.565. The molecule has 0 bridgehead atoms. The van der Waals surface area contributed by atoms with E-state index in [2.05, 4.69) is 4.99 Å². The molecular weight excluding hydrogens is 212 g/mol. The van der Waals surface area contributed by atoms with Crippen molar-refractivity contribution in [3.8, 4) is 0 Å². The number of rotatable bonds is 1. The van der Waals surface area contributed by atoms with Gasteiger partial charge in [0.25, 0.3) is 0 Å². The van der Waals surface area contributed by atoms with Gasteiger partial charge in [-0.1, -0.05) is 11.6 Å². The quantitative estimate of drug-likeness (QED) is 0.537. The van der Waals surface area contributed by atoms with Gasteiger partial charge >= 0.3 is 0 Å². The first-order valence-electron chi connectivity index (χ1n) is 4.47. The van der Waals surface area contributed by atoms with Crippen LogP contribution in [-0.2, 0) is 11.8 Å². The Bertz CT molecular complexity index is 580. The lowest BCUT2D eigenvalue weighted by Crippen LogP contribution is -1.87. The van der Waals surface area contributed by atoms with Crippen molar-refractivity contribution in [1.29, 1.82) is 0 Å². The van der Waals surface area contributed by atoms with Gasteiger partial charge in [-0.15, -0.1) is 0 Å². The van der Waals surface area contributed by atoms with Crippen LogP contribution >= 0.6 is 11.6 Å². The first-order chi connectivity index (χ1) is 7.15.